The Kier molecular flexibility index (Phi) is 7.26. The average molecular weight is 418 g/mol. The van der Waals surface area contributed by atoms with Crippen LogP contribution < -0.4 is 11.1 Å². The molecule has 0 spiro atoms. The predicted molar refractivity (Wildman–Crippen MR) is 101 cm³/mol. The zero-order chi connectivity index (χ0) is 18.3. The van der Waals surface area contributed by atoms with E-state index < -0.39 is 35.2 Å². The van der Waals surface area contributed by atoms with Crippen LogP contribution in [0.3, 0.4) is 0 Å². The summed E-state index contributed by atoms with van der Waals surface area (Å²) in [5.41, 5.74) is 7.00. The minimum atomic E-state index is -1.15. The van der Waals surface area contributed by atoms with Crippen molar-refractivity contribution in [2.75, 3.05) is 5.75 Å². The van der Waals surface area contributed by atoms with Gasteiger partial charge in [-0.2, -0.15) is 0 Å². The fraction of sp³-hybridized carbons (Fsp3) is 0.312. The van der Waals surface area contributed by atoms with Crippen molar-refractivity contribution in [3.63, 3.8) is 0 Å². The van der Waals surface area contributed by atoms with E-state index >= 15 is 0 Å². The summed E-state index contributed by atoms with van der Waals surface area (Å²) in [5.74, 6) is -1.61. The van der Waals surface area contributed by atoms with Crippen LogP contribution in [0.25, 0.3) is 0 Å². The number of fused-ring (bicyclic) bond motifs is 1. The lowest BCUT2D eigenvalue weighted by atomic mass is 10.0. The van der Waals surface area contributed by atoms with Crippen molar-refractivity contribution in [3.8, 4) is 5.75 Å². The summed E-state index contributed by atoms with van der Waals surface area (Å²) in [5, 5.41) is 20.7. The molecule has 1 aromatic rings. The Morgan fingerprint density at radius 3 is 2.48 bits per heavy atom. The molecule has 2 heterocycles. The van der Waals surface area contributed by atoms with E-state index in [-0.39, 0.29) is 29.3 Å². The van der Waals surface area contributed by atoms with Crippen LogP contribution in [0, 0.1) is 0 Å². The topological polar surface area (TPSA) is 164 Å². The summed E-state index contributed by atoms with van der Waals surface area (Å²) in [6.07, 6.45) is 0. The van der Waals surface area contributed by atoms with Crippen molar-refractivity contribution in [1.29, 1.82) is 0 Å². The molecule has 0 saturated carbocycles. The van der Waals surface area contributed by atoms with Crippen LogP contribution in [-0.4, -0.2) is 55.5 Å². The highest BCUT2D eigenvalue weighted by Crippen LogP contribution is 2.40. The van der Waals surface area contributed by atoms with Gasteiger partial charge in [-0.05, 0) is 30.2 Å². The lowest BCUT2D eigenvalue weighted by Gasteiger charge is -2.49. The number of nitrogens with one attached hydrogen (secondary N) is 1. The highest BCUT2D eigenvalue weighted by Gasteiger charge is 2.53. The summed E-state index contributed by atoms with van der Waals surface area (Å²) in [4.78, 5) is 37.2. The summed E-state index contributed by atoms with van der Waals surface area (Å²) in [7, 11) is 0. The molecule has 1 aromatic carbocycles. The Labute approximate surface area is 165 Å². The Hall–Kier alpha value is -2.27. The third kappa shape index (κ3) is 4.03. The number of β-lactam (4-membered cyclic amide) rings is 1. The second-order valence-electron chi connectivity index (χ2n) is 5.90. The average Bonchev–Trinajstić information content (AvgIpc) is 2.58. The molecule has 9 nitrogen and oxygen atoms in total. The van der Waals surface area contributed by atoms with E-state index in [1.54, 1.807) is 6.92 Å². The van der Waals surface area contributed by atoms with E-state index in [1.807, 2.05) is 0 Å². The van der Waals surface area contributed by atoms with Gasteiger partial charge in [0, 0.05) is 5.75 Å². The predicted octanol–water partition coefficient (Wildman–Crippen LogP) is -0.252. The molecular formula is C16H20ClN3O6S. The molecule has 0 radical (unpaired) electrons. The van der Waals surface area contributed by atoms with Gasteiger partial charge in [0.2, 0.25) is 5.91 Å². The summed E-state index contributed by atoms with van der Waals surface area (Å²) in [6.45, 7) is 1.67. The minimum Gasteiger partial charge on any atom is -0.508 e. The maximum absolute atomic E-state index is 12.3. The summed E-state index contributed by atoms with van der Waals surface area (Å²) in [6, 6.07) is 4.09. The highest BCUT2D eigenvalue weighted by molar-refractivity contribution is 8.00. The zero-order valence-electron chi connectivity index (χ0n) is 14.2. The van der Waals surface area contributed by atoms with Crippen molar-refractivity contribution >= 4 is 42.0 Å². The molecule has 11 heteroatoms. The van der Waals surface area contributed by atoms with Crippen molar-refractivity contribution in [2.45, 2.75) is 24.4 Å². The van der Waals surface area contributed by atoms with Crippen LogP contribution in [0.2, 0.25) is 0 Å². The number of aliphatic carboxylic acids is 1. The van der Waals surface area contributed by atoms with Crippen LogP contribution >= 0.6 is 24.2 Å². The van der Waals surface area contributed by atoms with E-state index in [2.05, 4.69) is 5.32 Å². The molecule has 0 bridgehead atoms. The Balaban J connectivity index is 0.00000182. The van der Waals surface area contributed by atoms with E-state index in [9.17, 15) is 24.6 Å². The summed E-state index contributed by atoms with van der Waals surface area (Å²) >= 11 is 1.40. The first-order chi connectivity index (χ1) is 11.8. The van der Waals surface area contributed by atoms with Crippen LogP contribution in [0.1, 0.15) is 18.5 Å². The number of thioether (sulfide) groups is 1. The molecule has 27 heavy (non-hydrogen) atoms. The monoisotopic (exact) mass is 417 g/mol. The number of nitrogens with two attached hydrogens (primary N) is 1. The third-order valence-electron chi connectivity index (χ3n) is 4.19. The normalized spacial score (nSPS) is 21.9. The second-order valence-corrected chi connectivity index (χ2v) is 7.00. The van der Waals surface area contributed by atoms with Crippen LogP contribution in [-0.2, 0) is 14.4 Å². The van der Waals surface area contributed by atoms with Crippen molar-refractivity contribution in [2.24, 2.45) is 5.73 Å². The van der Waals surface area contributed by atoms with Gasteiger partial charge < -0.3 is 26.7 Å². The van der Waals surface area contributed by atoms with Gasteiger partial charge in [0.1, 0.15) is 28.9 Å². The first-order valence-electron chi connectivity index (χ1n) is 7.54. The quantitative estimate of drug-likeness (QED) is 0.490. The smallest absolute Gasteiger partial charge is 0.352 e. The highest BCUT2D eigenvalue weighted by atomic mass is 35.5. The number of aromatic hydroxyl groups is 1. The Bertz CT molecular complexity index is 785. The number of phenolic OH excluding ortho intramolecular Hbond substituents is 1. The molecule has 0 aliphatic carbocycles. The molecular weight excluding hydrogens is 398 g/mol. The van der Waals surface area contributed by atoms with E-state index in [0.29, 0.717) is 16.9 Å². The van der Waals surface area contributed by atoms with Crippen LogP contribution in [0.5, 0.6) is 5.75 Å². The third-order valence-corrected chi connectivity index (χ3v) is 5.62. The number of halogens is 1. The Morgan fingerprint density at radius 1 is 1.33 bits per heavy atom. The molecule has 3 atom stereocenters. The lowest BCUT2D eigenvalue weighted by Crippen LogP contribution is -2.71. The van der Waals surface area contributed by atoms with Crippen molar-refractivity contribution in [3.05, 3.63) is 41.1 Å². The van der Waals surface area contributed by atoms with Crippen LogP contribution in [0.15, 0.2) is 35.5 Å². The maximum atomic E-state index is 12.3. The minimum absolute atomic E-state index is 0. The number of amides is 2. The lowest BCUT2D eigenvalue weighted by molar-refractivity contribution is -0.150. The van der Waals surface area contributed by atoms with E-state index in [4.69, 9.17) is 5.73 Å². The SMILES string of the molecule is CC1=C(C(=O)O)N2C(=O)[C@@H](NC(=O)[C@H](N)c3ccc(O)cc3)[C@H]2SC1.Cl.O. The Morgan fingerprint density at radius 2 is 1.93 bits per heavy atom. The van der Waals surface area contributed by atoms with Gasteiger partial charge >= 0.3 is 5.97 Å². The number of carboxylic acid groups (broad SMARTS) is 1. The van der Waals surface area contributed by atoms with Crippen molar-refractivity contribution in [1.82, 2.24) is 10.2 Å². The van der Waals surface area contributed by atoms with Gasteiger partial charge in [0.15, 0.2) is 0 Å². The van der Waals surface area contributed by atoms with Gasteiger partial charge in [-0.15, -0.1) is 24.2 Å². The molecule has 0 aromatic heterocycles. The largest absolute Gasteiger partial charge is 0.508 e. The molecule has 148 valence electrons. The standard InChI is InChI=1S/C16H17N3O5S.ClH.H2O/c1-7-6-25-15-11(14(22)19(15)12(7)16(23)24)18-13(21)10(17)8-2-4-9(20)5-3-8;;/h2-5,10-11,15,20H,6,17H2,1H3,(H,18,21)(H,23,24);1H;1H2/t10-,11-,15-;;/m1../s1. The molecule has 7 N–H and O–H groups in total. The molecule has 2 aliphatic heterocycles. The molecule has 1 fully saturated rings. The van der Waals surface area contributed by atoms with Crippen molar-refractivity contribution < 1.29 is 30.1 Å². The molecule has 0 unspecified atom stereocenters. The number of carboxylic acids is 1. The molecule has 2 aliphatic rings. The first-order valence-corrected chi connectivity index (χ1v) is 8.58. The fourth-order valence-corrected chi connectivity index (χ4v) is 4.14. The van der Waals surface area contributed by atoms with E-state index in [1.165, 1.54) is 40.9 Å². The number of nitrogens with zero attached hydrogens (tertiary/aromatic N) is 1. The number of hydrogen-bond donors (Lipinski definition) is 4. The zero-order valence-corrected chi connectivity index (χ0v) is 15.8. The number of benzene rings is 1. The van der Waals surface area contributed by atoms with Gasteiger partial charge in [-0.25, -0.2) is 4.79 Å². The van der Waals surface area contributed by atoms with Gasteiger partial charge in [0.25, 0.3) is 5.91 Å². The van der Waals surface area contributed by atoms with E-state index in [0.717, 1.165) is 0 Å². The number of phenols is 1. The molecule has 3 rings (SSSR count). The van der Waals surface area contributed by atoms with Crippen LogP contribution in [0.4, 0.5) is 0 Å². The van der Waals surface area contributed by atoms with Gasteiger partial charge in [-0.1, -0.05) is 12.1 Å². The molecule has 1 saturated heterocycles. The van der Waals surface area contributed by atoms with Gasteiger partial charge in [0.05, 0.1) is 0 Å². The number of rotatable bonds is 4. The maximum Gasteiger partial charge on any atom is 0.352 e. The van der Waals surface area contributed by atoms with Gasteiger partial charge in [-0.3, -0.25) is 14.5 Å². The first kappa shape index (κ1) is 22.8. The summed E-state index contributed by atoms with van der Waals surface area (Å²) < 4.78 is 0. The molecule has 2 amide bonds. The fourth-order valence-electron chi connectivity index (χ4n) is 2.85. The number of carbonyl (C=O) groups is 3. The number of carbonyl (C=O) groups excluding carboxylic acids is 2. The second kappa shape index (κ2) is 8.61. The number of hydrogen-bond acceptors (Lipinski definition) is 6.